The molecule has 0 fully saturated rings. The smallest absolute Gasteiger partial charge is 0.228 e. The highest BCUT2D eigenvalue weighted by molar-refractivity contribution is 5.30. The van der Waals surface area contributed by atoms with Crippen molar-refractivity contribution in [2.75, 3.05) is 0 Å². The Kier molecular flexibility index (Phi) is 3.32. The molecule has 2 aromatic rings. The number of alkyl halides is 3. The van der Waals surface area contributed by atoms with Gasteiger partial charge in [-0.25, -0.2) is 4.98 Å². The maximum atomic E-state index is 12.8. The third-order valence-corrected chi connectivity index (χ3v) is 2.45. The van der Waals surface area contributed by atoms with Gasteiger partial charge in [-0.15, -0.1) is 0 Å². The number of pyridine rings is 1. The number of hydrogen-bond acceptors (Lipinski definition) is 1. The van der Waals surface area contributed by atoms with E-state index in [1.807, 2.05) is 0 Å². The molecular formula is C13H9F4N. The van der Waals surface area contributed by atoms with Crippen molar-refractivity contribution in [3.8, 4) is 0 Å². The lowest BCUT2D eigenvalue weighted by Gasteiger charge is -2.08. The van der Waals surface area contributed by atoms with E-state index >= 15 is 0 Å². The molecule has 0 N–H and O–H groups in total. The Morgan fingerprint density at radius 3 is 2.39 bits per heavy atom. The SMILES string of the molecule is Fc1cc(Cc2cccc(C(F)(F)F)c2)ccn1. The quantitative estimate of drug-likeness (QED) is 0.587. The molecule has 1 aromatic heterocycles. The van der Waals surface area contributed by atoms with Crippen molar-refractivity contribution in [3.63, 3.8) is 0 Å². The van der Waals surface area contributed by atoms with Crippen LogP contribution in [0.15, 0.2) is 42.6 Å². The van der Waals surface area contributed by atoms with Gasteiger partial charge < -0.3 is 0 Å². The molecule has 0 saturated heterocycles. The maximum absolute atomic E-state index is 12.8. The summed E-state index contributed by atoms with van der Waals surface area (Å²) < 4.78 is 50.3. The topological polar surface area (TPSA) is 12.9 Å². The first-order valence-electron chi connectivity index (χ1n) is 5.22. The van der Waals surface area contributed by atoms with E-state index in [4.69, 9.17) is 0 Å². The van der Waals surface area contributed by atoms with E-state index in [2.05, 4.69) is 4.98 Å². The van der Waals surface area contributed by atoms with Crippen LogP contribution in [-0.2, 0) is 12.6 Å². The van der Waals surface area contributed by atoms with Crippen LogP contribution in [0, 0.1) is 5.95 Å². The van der Waals surface area contributed by atoms with Gasteiger partial charge in [-0.05, 0) is 35.7 Å². The Balaban J connectivity index is 2.25. The molecule has 2 rings (SSSR count). The van der Waals surface area contributed by atoms with Crippen LogP contribution in [0.3, 0.4) is 0 Å². The zero-order chi connectivity index (χ0) is 13.2. The van der Waals surface area contributed by atoms with E-state index in [-0.39, 0.29) is 6.42 Å². The molecule has 0 radical (unpaired) electrons. The minimum Gasteiger partial charge on any atom is -0.228 e. The Labute approximate surface area is 101 Å². The zero-order valence-corrected chi connectivity index (χ0v) is 9.21. The maximum Gasteiger partial charge on any atom is 0.416 e. The average molecular weight is 255 g/mol. The van der Waals surface area contributed by atoms with Gasteiger partial charge in [0.1, 0.15) is 0 Å². The van der Waals surface area contributed by atoms with Gasteiger partial charge >= 0.3 is 6.18 Å². The van der Waals surface area contributed by atoms with Gasteiger partial charge in [-0.1, -0.05) is 18.2 Å². The number of rotatable bonds is 2. The lowest BCUT2D eigenvalue weighted by molar-refractivity contribution is -0.137. The molecule has 0 aliphatic rings. The van der Waals surface area contributed by atoms with E-state index < -0.39 is 17.7 Å². The first-order chi connectivity index (χ1) is 8.45. The lowest BCUT2D eigenvalue weighted by Crippen LogP contribution is -2.05. The molecule has 0 spiro atoms. The first-order valence-corrected chi connectivity index (χ1v) is 5.22. The zero-order valence-electron chi connectivity index (χ0n) is 9.21. The minimum atomic E-state index is -4.36. The molecule has 1 heterocycles. The van der Waals surface area contributed by atoms with Gasteiger partial charge in [-0.2, -0.15) is 17.6 Å². The van der Waals surface area contributed by atoms with Gasteiger partial charge in [0, 0.05) is 6.20 Å². The lowest BCUT2D eigenvalue weighted by atomic mass is 10.0. The molecule has 0 amide bonds. The first kappa shape index (κ1) is 12.5. The normalized spacial score (nSPS) is 11.6. The van der Waals surface area contributed by atoms with Crippen molar-refractivity contribution in [1.29, 1.82) is 0 Å². The second kappa shape index (κ2) is 4.76. The molecule has 0 atom stereocenters. The summed E-state index contributed by atoms with van der Waals surface area (Å²) in [5.74, 6) is -0.639. The van der Waals surface area contributed by atoms with Crippen LogP contribution >= 0.6 is 0 Å². The third-order valence-electron chi connectivity index (χ3n) is 2.45. The molecule has 0 bridgehead atoms. The highest BCUT2D eigenvalue weighted by Crippen LogP contribution is 2.29. The predicted octanol–water partition coefficient (Wildman–Crippen LogP) is 3.83. The van der Waals surface area contributed by atoms with Gasteiger partial charge in [0.2, 0.25) is 5.95 Å². The summed E-state index contributed by atoms with van der Waals surface area (Å²) in [6.07, 6.45) is -2.83. The number of aromatic nitrogens is 1. The average Bonchev–Trinajstić information content (AvgIpc) is 2.28. The van der Waals surface area contributed by atoms with E-state index in [9.17, 15) is 17.6 Å². The fourth-order valence-electron chi connectivity index (χ4n) is 1.65. The van der Waals surface area contributed by atoms with Crippen LogP contribution in [0.25, 0.3) is 0 Å². The Hall–Kier alpha value is -1.91. The second-order valence-corrected chi connectivity index (χ2v) is 3.86. The molecule has 0 aliphatic carbocycles. The molecular weight excluding hydrogens is 246 g/mol. The predicted molar refractivity (Wildman–Crippen MR) is 58.4 cm³/mol. The van der Waals surface area contributed by atoms with Gasteiger partial charge in [0.05, 0.1) is 5.56 Å². The summed E-state index contributed by atoms with van der Waals surface area (Å²) in [7, 11) is 0. The van der Waals surface area contributed by atoms with E-state index in [1.165, 1.54) is 18.3 Å². The van der Waals surface area contributed by atoms with Crippen molar-refractivity contribution in [2.45, 2.75) is 12.6 Å². The van der Waals surface area contributed by atoms with Gasteiger partial charge in [0.25, 0.3) is 0 Å². The number of hydrogen-bond donors (Lipinski definition) is 0. The number of nitrogens with zero attached hydrogens (tertiary/aromatic N) is 1. The molecule has 1 aromatic carbocycles. The van der Waals surface area contributed by atoms with Crippen LogP contribution in [0.2, 0.25) is 0 Å². The Morgan fingerprint density at radius 2 is 1.72 bits per heavy atom. The van der Waals surface area contributed by atoms with Crippen molar-refractivity contribution >= 4 is 0 Å². The second-order valence-electron chi connectivity index (χ2n) is 3.86. The van der Waals surface area contributed by atoms with Crippen molar-refractivity contribution < 1.29 is 17.6 Å². The summed E-state index contributed by atoms with van der Waals surface area (Å²) in [4.78, 5) is 3.39. The molecule has 18 heavy (non-hydrogen) atoms. The number of benzene rings is 1. The highest BCUT2D eigenvalue weighted by atomic mass is 19.4. The summed E-state index contributed by atoms with van der Waals surface area (Å²) in [6, 6.07) is 7.78. The van der Waals surface area contributed by atoms with Crippen LogP contribution in [0.5, 0.6) is 0 Å². The van der Waals surface area contributed by atoms with Gasteiger partial charge in [0.15, 0.2) is 0 Å². The molecule has 5 heteroatoms. The van der Waals surface area contributed by atoms with Crippen molar-refractivity contribution in [3.05, 3.63) is 65.2 Å². The largest absolute Gasteiger partial charge is 0.416 e. The van der Waals surface area contributed by atoms with E-state index in [0.717, 1.165) is 12.1 Å². The van der Waals surface area contributed by atoms with Crippen molar-refractivity contribution in [1.82, 2.24) is 4.98 Å². The molecule has 0 saturated carbocycles. The fraction of sp³-hybridized carbons (Fsp3) is 0.154. The molecule has 0 unspecified atom stereocenters. The Morgan fingerprint density at radius 1 is 1.00 bits per heavy atom. The van der Waals surface area contributed by atoms with Crippen LogP contribution in [0.1, 0.15) is 16.7 Å². The highest BCUT2D eigenvalue weighted by Gasteiger charge is 2.30. The molecule has 1 nitrogen and oxygen atoms in total. The minimum absolute atomic E-state index is 0.239. The number of halogens is 4. The van der Waals surface area contributed by atoms with Crippen LogP contribution in [-0.4, -0.2) is 4.98 Å². The standard InChI is InChI=1S/C13H9F4N/c14-12-8-10(4-5-18-12)6-9-2-1-3-11(7-9)13(15,16)17/h1-5,7-8H,6H2. The summed E-state index contributed by atoms with van der Waals surface area (Å²) in [5, 5.41) is 0. The fourth-order valence-corrected chi connectivity index (χ4v) is 1.65. The molecule has 94 valence electrons. The summed E-state index contributed by atoms with van der Waals surface area (Å²) >= 11 is 0. The monoisotopic (exact) mass is 255 g/mol. The van der Waals surface area contributed by atoms with Gasteiger partial charge in [-0.3, -0.25) is 0 Å². The molecule has 0 aliphatic heterocycles. The van der Waals surface area contributed by atoms with Crippen LogP contribution < -0.4 is 0 Å². The summed E-state index contributed by atoms with van der Waals surface area (Å²) in [6.45, 7) is 0. The summed E-state index contributed by atoms with van der Waals surface area (Å²) in [5.41, 5.74) is 0.367. The van der Waals surface area contributed by atoms with Crippen LogP contribution in [0.4, 0.5) is 17.6 Å². The third kappa shape index (κ3) is 3.06. The van der Waals surface area contributed by atoms with E-state index in [0.29, 0.717) is 11.1 Å². The van der Waals surface area contributed by atoms with E-state index in [1.54, 1.807) is 12.1 Å². The Bertz CT molecular complexity index is 549. The van der Waals surface area contributed by atoms with Crippen molar-refractivity contribution in [2.24, 2.45) is 0 Å².